The van der Waals surface area contributed by atoms with Crippen LogP contribution in [0.4, 0.5) is 14.6 Å². The summed E-state index contributed by atoms with van der Waals surface area (Å²) in [4.78, 5) is 18.4. The summed E-state index contributed by atoms with van der Waals surface area (Å²) in [5.74, 6) is -1.71. The fourth-order valence-corrected chi connectivity index (χ4v) is 2.49. The Kier molecular flexibility index (Phi) is 5.00. The van der Waals surface area contributed by atoms with Crippen molar-refractivity contribution in [3.63, 3.8) is 0 Å². The lowest BCUT2D eigenvalue weighted by Crippen LogP contribution is -2.36. The van der Waals surface area contributed by atoms with Crippen LogP contribution in [-0.2, 0) is 11.3 Å². The molecule has 2 aromatic rings. The third-order valence-electron chi connectivity index (χ3n) is 3.79. The van der Waals surface area contributed by atoms with Crippen LogP contribution < -0.4 is 10.2 Å². The highest BCUT2D eigenvalue weighted by Crippen LogP contribution is 2.14. The predicted octanol–water partition coefficient (Wildman–Crippen LogP) is 2.13. The second kappa shape index (κ2) is 7.35. The van der Waals surface area contributed by atoms with Gasteiger partial charge in [-0.1, -0.05) is 12.1 Å². The number of ether oxygens (including phenoxy) is 1. The first kappa shape index (κ1) is 16.3. The van der Waals surface area contributed by atoms with Gasteiger partial charge in [0.05, 0.1) is 13.2 Å². The molecular weight excluding hydrogens is 316 g/mol. The number of anilines is 1. The van der Waals surface area contributed by atoms with Crippen molar-refractivity contribution in [2.75, 3.05) is 31.2 Å². The van der Waals surface area contributed by atoms with Crippen LogP contribution in [-0.4, -0.2) is 37.2 Å². The van der Waals surface area contributed by atoms with Crippen LogP contribution >= 0.6 is 0 Å². The molecule has 1 saturated heterocycles. The number of nitrogens with one attached hydrogen (secondary N) is 1. The van der Waals surface area contributed by atoms with E-state index in [0.29, 0.717) is 13.2 Å². The zero-order valence-electron chi connectivity index (χ0n) is 13.0. The molecule has 1 aromatic heterocycles. The standard InChI is InChI=1S/C17H17F2N3O2/c18-13-2-1-3-14(19)16(13)17(23)21-11-12-4-5-15(20-10-12)22-6-8-24-9-7-22/h1-5,10H,6-9,11H2,(H,21,23). The Hall–Kier alpha value is -2.54. The number of benzene rings is 1. The number of nitrogens with zero attached hydrogens (tertiary/aromatic N) is 2. The van der Waals surface area contributed by atoms with Gasteiger partial charge in [0, 0.05) is 25.8 Å². The molecule has 1 fully saturated rings. The zero-order valence-corrected chi connectivity index (χ0v) is 13.0. The highest BCUT2D eigenvalue weighted by Gasteiger charge is 2.17. The Morgan fingerprint density at radius 3 is 2.50 bits per heavy atom. The molecule has 2 heterocycles. The predicted molar refractivity (Wildman–Crippen MR) is 84.8 cm³/mol. The van der Waals surface area contributed by atoms with Crippen LogP contribution in [0.25, 0.3) is 0 Å². The molecule has 0 unspecified atom stereocenters. The van der Waals surface area contributed by atoms with Gasteiger partial charge in [0.2, 0.25) is 0 Å². The highest BCUT2D eigenvalue weighted by molar-refractivity contribution is 5.94. The van der Waals surface area contributed by atoms with Crippen molar-refractivity contribution in [1.82, 2.24) is 10.3 Å². The van der Waals surface area contributed by atoms with E-state index in [1.807, 2.05) is 12.1 Å². The van der Waals surface area contributed by atoms with E-state index in [-0.39, 0.29) is 6.54 Å². The van der Waals surface area contributed by atoms with Gasteiger partial charge in [-0.3, -0.25) is 4.79 Å². The summed E-state index contributed by atoms with van der Waals surface area (Å²) in [5, 5.41) is 2.50. The lowest BCUT2D eigenvalue weighted by Gasteiger charge is -2.27. The maximum Gasteiger partial charge on any atom is 0.257 e. The summed E-state index contributed by atoms with van der Waals surface area (Å²) < 4.78 is 32.4. The van der Waals surface area contributed by atoms with Crippen molar-refractivity contribution < 1.29 is 18.3 Å². The van der Waals surface area contributed by atoms with Gasteiger partial charge >= 0.3 is 0 Å². The molecule has 0 radical (unpaired) electrons. The van der Waals surface area contributed by atoms with Crippen LogP contribution in [0.2, 0.25) is 0 Å². The number of halogens is 2. The first-order chi connectivity index (χ1) is 11.6. The Morgan fingerprint density at radius 2 is 1.88 bits per heavy atom. The molecule has 126 valence electrons. The molecule has 1 aromatic carbocycles. The molecule has 5 nitrogen and oxygen atoms in total. The van der Waals surface area contributed by atoms with Crippen molar-refractivity contribution in [3.05, 3.63) is 59.3 Å². The fraction of sp³-hybridized carbons (Fsp3) is 0.294. The van der Waals surface area contributed by atoms with Gasteiger partial charge in [-0.15, -0.1) is 0 Å². The second-order valence-electron chi connectivity index (χ2n) is 5.40. The normalized spacial score (nSPS) is 14.5. The maximum absolute atomic E-state index is 13.6. The minimum absolute atomic E-state index is 0.142. The molecule has 0 atom stereocenters. The molecule has 24 heavy (non-hydrogen) atoms. The molecule has 0 spiro atoms. The Bertz CT molecular complexity index is 696. The Balaban J connectivity index is 1.61. The summed E-state index contributed by atoms with van der Waals surface area (Å²) in [6.07, 6.45) is 1.64. The number of aromatic nitrogens is 1. The summed E-state index contributed by atoms with van der Waals surface area (Å²) in [7, 11) is 0. The van der Waals surface area contributed by atoms with Gasteiger partial charge in [-0.2, -0.15) is 0 Å². The Labute approximate surface area is 138 Å². The van der Waals surface area contributed by atoms with E-state index in [4.69, 9.17) is 4.74 Å². The summed E-state index contributed by atoms with van der Waals surface area (Å²) in [6, 6.07) is 7.01. The number of rotatable bonds is 4. The minimum atomic E-state index is -0.881. The first-order valence-corrected chi connectivity index (χ1v) is 7.65. The van der Waals surface area contributed by atoms with Gasteiger partial charge in [0.15, 0.2) is 0 Å². The molecule has 1 aliphatic heterocycles. The number of pyridine rings is 1. The van der Waals surface area contributed by atoms with E-state index < -0.39 is 23.1 Å². The smallest absolute Gasteiger partial charge is 0.257 e. The van der Waals surface area contributed by atoms with Crippen LogP contribution in [0.5, 0.6) is 0 Å². The van der Waals surface area contributed by atoms with E-state index in [9.17, 15) is 13.6 Å². The van der Waals surface area contributed by atoms with Crippen LogP contribution in [0.1, 0.15) is 15.9 Å². The molecule has 1 amide bonds. The number of morpholine rings is 1. The molecule has 0 bridgehead atoms. The molecular formula is C17H17F2N3O2. The largest absolute Gasteiger partial charge is 0.378 e. The van der Waals surface area contributed by atoms with Crippen molar-refractivity contribution in [2.24, 2.45) is 0 Å². The zero-order chi connectivity index (χ0) is 16.9. The van der Waals surface area contributed by atoms with E-state index in [2.05, 4.69) is 15.2 Å². The molecule has 0 aliphatic carbocycles. The fourth-order valence-electron chi connectivity index (χ4n) is 2.49. The highest BCUT2D eigenvalue weighted by atomic mass is 19.1. The summed E-state index contributed by atoms with van der Waals surface area (Å²) in [6.45, 7) is 3.07. The number of carbonyl (C=O) groups is 1. The first-order valence-electron chi connectivity index (χ1n) is 7.65. The topological polar surface area (TPSA) is 54.5 Å². The number of carbonyl (C=O) groups excluding carboxylic acids is 1. The SMILES string of the molecule is O=C(NCc1ccc(N2CCOCC2)nc1)c1c(F)cccc1F. The third-order valence-corrected chi connectivity index (χ3v) is 3.79. The van der Waals surface area contributed by atoms with Gasteiger partial charge in [-0.05, 0) is 23.8 Å². The third kappa shape index (κ3) is 3.68. The summed E-state index contributed by atoms with van der Waals surface area (Å²) in [5.41, 5.74) is 0.174. The van der Waals surface area contributed by atoms with Crippen molar-refractivity contribution in [2.45, 2.75) is 6.54 Å². The monoisotopic (exact) mass is 333 g/mol. The number of hydrogen-bond acceptors (Lipinski definition) is 4. The van der Waals surface area contributed by atoms with Gasteiger partial charge in [0.25, 0.3) is 5.91 Å². The average molecular weight is 333 g/mol. The molecule has 0 saturated carbocycles. The van der Waals surface area contributed by atoms with Gasteiger partial charge < -0.3 is 15.0 Å². The Morgan fingerprint density at radius 1 is 1.17 bits per heavy atom. The van der Waals surface area contributed by atoms with E-state index in [1.54, 1.807) is 6.20 Å². The quantitative estimate of drug-likeness (QED) is 0.931. The molecule has 1 N–H and O–H groups in total. The van der Waals surface area contributed by atoms with Crippen molar-refractivity contribution in [1.29, 1.82) is 0 Å². The summed E-state index contributed by atoms with van der Waals surface area (Å²) >= 11 is 0. The van der Waals surface area contributed by atoms with Crippen LogP contribution in [0, 0.1) is 11.6 Å². The van der Waals surface area contributed by atoms with Crippen molar-refractivity contribution >= 4 is 11.7 Å². The van der Waals surface area contributed by atoms with E-state index >= 15 is 0 Å². The lowest BCUT2D eigenvalue weighted by atomic mass is 10.2. The molecule has 1 aliphatic rings. The van der Waals surface area contributed by atoms with Crippen molar-refractivity contribution in [3.8, 4) is 0 Å². The van der Waals surface area contributed by atoms with Gasteiger partial charge in [-0.25, -0.2) is 13.8 Å². The molecule has 7 heteroatoms. The van der Waals surface area contributed by atoms with E-state index in [0.717, 1.165) is 36.6 Å². The number of hydrogen-bond donors (Lipinski definition) is 1. The lowest BCUT2D eigenvalue weighted by molar-refractivity contribution is 0.0942. The number of amides is 1. The maximum atomic E-state index is 13.6. The minimum Gasteiger partial charge on any atom is -0.378 e. The van der Waals surface area contributed by atoms with E-state index in [1.165, 1.54) is 6.07 Å². The van der Waals surface area contributed by atoms with Crippen LogP contribution in [0.3, 0.4) is 0 Å². The molecule has 3 rings (SSSR count). The second-order valence-corrected chi connectivity index (χ2v) is 5.40. The average Bonchev–Trinajstić information content (AvgIpc) is 2.61. The van der Waals surface area contributed by atoms with Gasteiger partial charge in [0.1, 0.15) is 23.0 Å². The van der Waals surface area contributed by atoms with Crippen LogP contribution in [0.15, 0.2) is 36.5 Å².